The van der Waals surface area contributed by atoms with E-state index in [1.54, 1.807) is 23.0 Å². The Morgan fingerprint density at radius 2 is 2.06 bits per heavy atom. The molecule has 1 aromatic carbocycles. The Kier molecular flexibility index (Phi) is 2.63. The van der Waals surface area contributed by atoms with E-state index < -0.39 is 0 Å². The number of benzene rings is 1. The van der Waals surface area contributed by atoms with Crippen LogP contribution in [0.3, 0.4) is 0 Å². The molecule has 2 aromatic rings. The first-order chi connectivity index (χ1) is 8.70. The monoisotopic (exact) mass is 262 g/mol. The van der Waals surface area contributed by atoms with Gasteiger partial charge in [-0.3, -0.25) is 4.79 Å². The third-order valence-electron chi connectivity index (χ3n) is 3.16. The van der Waals surface area contributed by atoms with E-state index in [1.807, 2.05) is 0 Å². The van der Waals surface area contributed by atoms with Crippen molar-refractivity contribution in [2.75, 3.05) is 0 Å². The third-order valence-corrected chi connectivity index (χ3v) is 3.75. The number of nitrogens with one attached hydrogen (secondary N) is 1. The van der Waals surface area contributed by atoms with Gasteiger partial charge >= 0.3 is 0 Å². The average Bonchev–Trinajstić information content (AvgIpc) is 2.94. The predicted octanol–water partition coefficient (Wildman–Crippen LogP) is 2.70. The van der Waals surface area contributed by atoms with Crippen LogP contribution >= 0.6 is 11.3 Å². The molecule has 18 heavy (non-hydrogen) atoms. The van der Waals surface area contributed by atoms with E-state index in [2.05, 4.69) is 10.3 Å². The summed E-state index contributed by atoms with van der Waals surface area (Å²) in [4.78, 5) is 15.9. The SMILES string of the molecule is O=C(NC1(c2ccc(F)cc2)CC1)c1cscn1. The first-order valence-electron chi connectivity index (χ1n) is 5.66. The van der Waals surface area contributed by atoms with Crippen LogP contribution in [0.15, 0.2) is 35.2 Å². The summed E-state index contributed by atoms with van der Waals surface area (Å²) in [6.07, 6.45) is 1.77. The van der Waals surface area contributed by atoms with Crippen LogP contribution in [0.25, 0.3) is 0 Å². The zero-order chi connectivity index (χ0) is 12.6. The Bertz CT molecular complexity index is 561. The van der Waals surface area contributed by atoms with Gasteiger partial charge in [0, 0.05) is 5.38 Å². The fourth-order valence-electron chi connectivity index (χ4n) is 1.99. The van der Waals surface area contributed by atoms with Gasteiger partial charge in [-0.1, -0.05) is 12.1 Å². The standard InChI is InChI=1S/C13H11FN2OS/c14-10-3-1-9(2-4-10)13(5-6-13)16-12(17)11-7-18-8-15-11/h1-4,7-8H,5-6H2,(H,16,17). The van der Waals surface area contributed by atoms with Gasteiger partial charge < -0.3 is 5.32 Å². The second-order valence-corrected chi connectivity index (χ2v) is 5.14. The minimum Gasteiger partial charge on any atom is -0.341 e. The molecule has 1 amide bonds. The minimum absolute atomic E-state index is 0.168. The molecule has 0 atom stereocenters. The smallest absolute Gasteiger partial charge is 0.271 e. The van der Waals surface area contributed by atoms with Gasteiger partial charge in [0.2, 0.25) is 0 Å². The third kappa shape index (κ3) is 2.01. The van der Waals surface area contributed by atoms with Crippen LogP contribution < -0.4 is 5.32 Å². The summed E-state index contributed by atoms with van der Waals surface area (Å²) in [7, 11) is 0. The van der Waals surface area contributed by atoms with Crippen LogP contribution in [-0.2, 0) is 5.54 Å². The lowest BCUT2D eigenvalue weighted by Gasteiger charge is -2.17. The fourth-order valence-corrected chi connectivity index (χ4v) is 2.52. The number of halogens is 1. The highest BCUT2D eigenvalue weighted by Crippen LogP contribution is 2.45. The maximum atomic E-state index is 12.9. The summed E-state index contributed by atoms with van der Waals surface area (Å²) in [5.74, 6) is -0.432. The van der Waals surface area contributed by atoms with E-state index in [0.717, 1.165) is 18.4 Å². The molecule has 1 fully saturated rings. The zero-order valence-electron chi connectivity index (χ0n) is 9.52. The fraction of sp³-hybridized carbons (Fsp3) is 0.231. The van der Waals surface area contributed by atoms with Crippen LogP contribution in [0.4, 0.5) is 4.39 Å². The Labute approximate surface area is 108 Å². The lowest BCUT2D eigenvalue weighted by Crippen LogP contribution is -2.35. The van der Waals surface area contributed by atoms with Crippen molar-refractivity contribution in [3.63, 3.8) is 0 Å². The lowest BCUT2D eigenvalue weighted by atomic mass is 10.0. The number of carbonyl (C=O) groups is 1. The van der Waals surface area contributed by atoms with E-state index >= 15 is 0 Å². The molecular formula is C13H11FN2OS. The van der Waals surface area contributed by atoms with Crippen molar-refractivity contribution in [2.24, 2.45) is 0 Å². The first-order valence-corrected chi connectivity index (χ1v) is 6.61. The number of amides is 1. The number of rotatable bonds is 3. The molecule has 92 valence electrons. The number of thiazole rings is 1. The summed E-state index contributed by atoms with van der Waals surface area (Å²) in [6, 6.07) is 6.29. The van der Waals surface area contributed by atoms with Crippen molar-refractivity contribution in [1.82, 2.24) is 10.3 Å². The molecule has 3 nitrogen and oxygen atoms in total. The molecule has 1 N–H and O–H groups in total. The molecular weight excluding hydrogens is 251 g/mol. The molecule has 1 aromatic heterocycles. The van der Waals surface area contributed by atoms with Crippen LogP contribution in [0, 0.1) is 5.82 Å². The molecule has 1 heterocycles. The molecule has 1 aliphatic rings. The molecule has 5 heteroatoms. The van der Waals surface area contributed by atoms with E-state index in [9.17, 15) is 9.18 Å². The topological polar surface area (TPSA) is 42.0 Å². The summed E-state index contributed by atoms with van der Waals surface area (Å²) in [6.45, 7) is 0. The minimum atomic E-state index is -0.325. The molecule has 3 rings (SSSR count). The molecule has 1 saturated carbocycles. The average molecular weight is 262 g/mol. The highest BCUT2D eigenvalue weighted by atomic mass is 32.1. The highest BCUT2D eigenvalue weighted by molar-refractivity contribution is 7.07. The number of carbonyl (C=O) groups excluding carboxylic acids is 1. The van der Waals surface area contributed by atoms with E-state index in [1.165, 1.54) is 23.5 Å². The maximum absolute atomic E-state index is 12.9. The maximum Gasteiger partial charge on any atom is 0.271 e. The molecule has 1 aliphatic carbocycles. The van der Waals surface area contributed by atoms with Crippen molar-refractivity contribution in [3.8, 4) is 0 Å². The van der Waals surface area contributed by atoms with Gasteiger partial charge in [-0.25, -0.2) is 9.37 Å². The number of nitrogens with zero attached hydrogens (tertiary/aromatic N) is 1. The second kappa shape index (κ2) is 4.17. The lowest BCUT2D eigenvalue weighted by molar-refractivity contribution is 0.0926. The van der Waals surface area contributed by atoms with Gasteiger partial charge in [0.1, 0.15) is 11.5 Å². The number of hydrogen-bond donors (Lipinski definition) is 1. The molecule has 0 unspecified atom stereocenters. The van der Waals surface area contributed by atoms with Gasteiger partial charge in [0.05, 0.1) is 11.0 Å². The summed E-state index contributed by atoms with van der Waals surface area (Å²) in [5.41, 5.74) is 2.70. The van der Waals surface area contributed by atoms with Gasteiger partial charge in [0.25, 0.3) is 5.91 Å². The predicted molar refractivity (Wildman–Crippen MR) is 66.9 cm³/mol. The van der Waals surface area contributed by atoms with E-state index in [4.69, 9.17) is 0 Å². The summed E-state index contributed by atoms with van der Waals surface area (Å²) >= 11 is 1.39. The quantitative estimate of drug-likeness (QED) is 0.924. The van der Waals surface area contributed by atoms with Gasteiger partial charge in [0.15, 0.2) is 0 Å². The first kappa shape index (κ1) is 11.3. The Morgan fingerprint density at radius 1 is 1.33 bits per heavy atom. The summed E-state index contributed by atoms with van der Waals surface area (Å²) < 4.78 is 12.9. The van der Waals surface area contributed by atoms with E-state index in [0.29, 0.717) is 5.69 Å². The van der Waals surface area contributed by atoms with Crippen molar-refractivity contribution < 1.29 is 9.18 Å². The molecule has 0 aliphatic heterocycles. The largest absolute Gasteiger partial charge is 0.341 e. The Balaban J connectivity index is 1.80. The van der Waals surface area contributed by atoms with Gasteiger partial charge in [-0.05, 0) is 30.5 Å². The highest BCUT2D eigenvalue weighted by Gasteiger charge is 2.45. The molecule has 0 radical (unpaired) electrons. The zero-order valence-corrected chi connectivity index (χ0v) is 10.3. The van der Waals surface area contributed by atoms with Crippen molar-refractivity contribution in [2.45, 2.75) is 18.4 Å². The molecule has 0 saturated heterocycles. The van der Waals surface area contributed by atoms with Crippen molar-refractivity contribution >= 4 is 17.2 Å². The van der Waals surface area contributed by atoms with E-state index in [-0.39, 0.29) is 17.3 Å². The van der Waals surface area contributed by atoms with Gasteiger partial charge in [-0.2, -0.15) is 0 Å². The van der Waals surface area contributed by atoms with Crippen molar-refractivity contribution in [3.05, 3.63) is 52.2 Å². The van der Waals surface area contributed by atoms with Gasteiger partial charge in [-0.15, -0.1) is 11.3 Å². The molecule has 0 spiro atoms. The van der Waals surface area contributed by atoms with Crippen LogP contribution in [0.2, 0.25) is 0 Å². The second-order valence-electron chi connectivity index (χ2n) is 4.42. The van der Waals surface area contributed by atoms with Crippen molar-refractivity contribution in [1.29, 1.82) is 0 Å². The number of hydrogen-bond acceptors (Lipinski definition) is 3. The normalized spacial score (nSPS) is 16.3. The Morgan fingerprint density at radius 3 is 2.61 bits per heavy atom. The van der Waals surface area contributed by atoms with Crippen LogP contribution in [0.5, 0.6) is 0 Å². The van der Waals surface area contributed by atoms with Crippen LogP contribution in [0.1, 0.15) is 28.9 Å². The summed E-state index contributed by atoms with van der Waals surface area (Å²) in [5, 5.41) is 4.71. The Hall–Kier alpha value is -1.75. The number of aromatic nitrogens is 1. The molecule has 0 bridgehead atoms. The van der Waals surface area contributed by atoms with Crippen LogP contribution in [-0.4, -0.2) is 10.9 Å².